The lowest BCUT2D eigenvalue weighted by atomic mass is 10.1. The molecule has 0 aliphatic carbocycles. The SMILES string of the molecule is Cc1ccc(Br)cc1C(=O)NCC1CCC(=O)N1. The highest BCUT2D eigenvalue weighted by Gasteiger charge is 2.21. The fraction of sp³-hybridized carbons (Fsp3) is 0.385. The Morgan fingerprint density at radius 3 is 3.00 bits per heavy atom. The zero-order chi connectivity index (χ0) is 13.1. The standard InChI is InChI=1S/C13H15BrN2O2/c1-8-2-3-9(14)6-11(8)13(18)15-7-10-4-5-12(17)16-10/h2-3,6,10H,4-5,7H2,1H3,(H,15,18)(H,16,17). The summed E-state index contributed by atoms with van der Waals surface area (Å²) in [6, 6.07) is 5.67. The Morgan fingerprint density at radius 1 is 1.56 bits per heavy atom. The van der Waals surface area contributed by atoms with Crippen LogP contribution in [0.3, 0.4) is 0 Å². The number of benzene rings is 1. The molecule has 1 atom stereocenters. The molecular formula is C13H15BrN2O2. The number of rotatable bonds is 3. The maximum absolute atomic E-state index is 12.0. The zero-order valence-corrected chi connectivity index (χ0v) is 11.7. The quantitative estimate of drug-likeness (QED) is 0.894. The van der Waals surface area contributed by atoms with Crippen LogP contribution in [0.4, 0.5) is 0 Å². The molecule has 0 aromatic heterocycles. The smallest absolute Gasteiger partial charge is 0.251 e. The van der Waals surface area contributed by atoms with Crippen molar-refractivity contribution in [2.75, 3.05) is 6.54 Å². The molecule has 1 saturated heterocycles. The van der Waals surface area contributed by atoms with E-state index in [-0.39, 0.29) is 17.9 Å². The third kappa shape index (κ3) is 3.10. The molecule has 1 fully saturated rings. The zero-order valence-electron chi connectivity index (χ0n) is 10.1. The molecule has 1 aromatic rings. The molecule has 96 valence electrons. The van der Waals surface area contributed by atoms with Crippen LogP contribution in [0, 0.1) is 6.92 Å². The van der Waals surface area contributed by atoms with E-state index in [1.165, 1.54) is 0 Å². The number of aryl methyl sites for hydroxylation is 1. The average molecular weight is 311 g/mol. The lowest BCUT2D eigenvalue weighted by molar-refractivity contribution is -0.119. The summed E-state index contributed by atoms with van der Waals surface area (Å²) in [6.45, 7) is 2.38. The molecule has 2 N–H and O–H groups in total. The first-order valence-corrected chi connectivity index (χ1v) is 6.69. The van der Waals surface area contributed by atoms with E-state index >= 15 is 0 Å². The summed E-state index contributed by atoms with van der Waals surface area (Å²) < 4.78 is 0.882. The summed E-state index contributed by atoms with van der Waals surface area (Å²) >= 11 is 3.35. The molecule has 1 unspecified atom stereocenters. The minimum atomic E-state index is -0.102. The molecule has 18 heavy (non-hydrogen) atoms. The van der Waals surface area contributed by atoms with E-state index in [0.29, 0.717) is 18.5 Å². The number of hydrogen-bond donors (Lipinski definition) is 2. The maximum atomic E-state index is 12.0. The van der Waals surface area contributed by atoms with Gasteiger partial charge < -0.3 is 10.6 Å². The Balaban J connectivity index is 1.95. The normalized spacial score (nSPS) is 18.6. The van der Waals surface area contributed by atoms with E-state index in [2.05, 4.69) is 26.6 Å². The third-order valence-electron chi connectivity index (χ3n) is 3.04. The molecule has 0 saturated carbocycles. The predicted molar refractivity (Wildman–Crippen MR) is 72.4 cm³/mol. The monoisotopic (exact) mass is 310 g/mol. The van der Waals surface area contributed by atoms with Crippen molar-refractivity contribution < 1.29 is 9.59 Å². The molecule has 2 amide bonds. The van der Waals surface area contributed by atoms with Crippen molar-refractivity contribution >= 4 is 27.7 Å². The van der Waals surface area contributed by atoms with Gasteiger partial charge in [0.2, 0.25) is 5.91 Å². The molecule has 1 aromatic carbocycles. The van der Waals surface area contributed by atoms with Crippen molar-refractivity contribution in [2.45, 2.75) is 25.8 Å². The Hall–Kier alpha value is -1.36. The van der Waals surface area contributed by atoms with Gasteiger partial charge in [0, 0.05) is 29.0 Å². The lowest BCUT2D eigenvalue weighted by Gasteiger charge is -2.12. The molecule has 5 heteroatoms. The van der Waals surface area contributed by atoms with Crippen LogP contribution >= 0.6 is 15.9 Å². The maximum Gasteiger partial charge on any atom is 0.251 e. The van der Waals surface area contributed by atoms with Crippen molar-refractivity contribution in [3.05, 3.63) is 33.8 Å². The topological polar surface area (TPSA) is 58.2 Å². The number of nitrogens with one attached hydrogen (secondary N) is 2. The van der Waals surface area contributed by atoms with E-state index in [4.69, 9.17) is 0 Å². The third-order valence-corrected chi connectivity index (χ3v) is 3.53. The fourth-order valence-corrected chi connectivity index (χ4v) is 2.34. The largest absolute Gasteiger partial charge is 0.352 e. The first kappa shape index (κ1) is 13.1. The molecular weight excluding hydrogens is 296 g/mol. The second-order valence-electron chi connectivity index (χ2n) is 4.47. The first-order chi connectivity index (χ1) is 8.56. The Morgan fingerprint density at radius 2 is 2.33 bits per heavy atom. The van der Waals surface area contributed by atoms with Gasteiger partial charge in [0.1, 0.15) is 0 Å². The molecule has 0 bridgehead atoms. The summed E-state index contributed by atoms with van der Waals surface area (Å²) in [4.78, 5) is 23.0. The molecule has 0 spiro atoms. The molecule has 1 heterocycles. The van der Waals surface area contributed by atoms with Crippen LogP contribution in [0.15, 0.2) is 22.7 Å². The summed E-state index contributed by atoms with van der Waals surface area (Å²) in [5.74, 6) is -0.0390. The summed E-state index contributed by atoms with van der Waals surface area (Å²) in [6.07, 6.45) is 1.34. The lowest BCUT2D eigenvalue weighted by Crippen LogP contribution is -2.38. The highest BCUT2D eigenvalue weighted by Crippen LogP contribution is 2.16. The van der Waals surface area contributed by atoms with Gasteiger partial charge in [0.25, 0.3) is 5.91 Å². The van der Waals surface area contributed by atoms with Gasteiger partial charge in [-0.15, -0.1) is 0 Å². The first-order valence-electron chi connectivity index (χ1n) is 5.90. The second-order valence-corrected chi connectivity index (χ2v) is 5.39. The minimum absolute atomic E-state index is 0.0629. The van der Waals surface area contributed by atoms with Crippen molar-refractivity contribution in [1.29, 1.82) is 0 Å². The number of halogens is 1. The van der Waals surface area contributed by atoms with Crippen LogP contribution in [0.5, 0.6) is 0 Å². The van der Waals surface area contributed by atoms with E-state index < -0.39 is 0 Å². The van der Waals surface area contributed by atoms with E-state index in [1.54, 1.807) is 6.07 Å². The van der Waals surface area contributed by atoms with Gasteiger partial charge in [-0.25, -0.2) is 0 Å². The van der Waals surface area contributed by atoms with Gasteiger partial charge in [0.05, 0.1) is 0 Å². The van der Waals surface area contributed by atoms with Crippen molar-refractivity contribution in [1.82, 2.24) is 10.6 Å². The number of hydrogen-bond acceptors (Lipinski definition) is 2. The number of amides is 2. The Bertz CT molecular complexity index is 488. The van der Waals surface area contributed by atoms with Gasteiger partial charge in [-0.2, -0.15) is 0 Å². The summed E-state index contributed by atoms with van der Waals surface area (Å²) in [5, 5.41) is 5.68. The number of carbonyl (C=O) groups is 2. The van der Waals surface area contributed by atoms with Crippen molar-refractivity contribution in [3.63, 3.8) is 0 Å². The van der Waals surface area contributed by atoms with Gasteiger partial charge in [-0.05, 0) is 31.0 Å². The van der Waals surface area contributed by atoms with Crippen LogP contribution < -0.4 is 10.6 Å². The fourth-order valence-electron chi connectivity index (χ4n) is 1.98. The molecule has 4 nitrogen and oxygen atoms in total. The second kappa shape index (κ2) is 5.52. The highest BCUT2D eigenvalue weighted by molar-refractivity contribution is 9.10. The van der Waals surface area contributed by atoms with Crippen molar-refractivity contribution in [3.8, 4) is 0 Å². The van der Waals surface area contributed by atoms with Gasteiger partial charge in [0.15, 0.2) is 0 Å². The Kier molecular flexibility index (Phi) is 4.01. The van der Waals surface area contributed by atoms with Crippen LogP contribution in [-0.4, -0.2) is 24.4 Å². The molecule has 0 radical (unpaired) electrons. The molecule has 1 aliphatic rings. The van der Waals surface area contributed by atoms with Gasteiger partial charge in [-0.3, -0.25) is 9.59 Å². The molecule has 2 rings (SSSR count). The highest BCUT2D eigenvalue weighted by atomic mass is 79.9. The van der Waals surface area contributed by atoms with E-state index in [0.717, 1.165) is 16.5 Å². The minimum Gasteiger partial charge on any atom is -0.352 e. The summed E-state index contributed by atoms with van der Waals surface area (Å²) in [5.41, 5.74) is 1.60. The Labute approximate surface area is 114 Å². The van der Waals surface area contributed by atoms with Crippen LogP contribution in [-0.2, 0) is 4.79 Å². The van der Waals surface area contributed by atoms with Gasteiger partial charge in [-0.1, -0.05) is 22.0 Å². The number of carbonyl (C=O) groups excluding carboxylic acids is 2. The van der Waals surface area contributed by atoms with Crippen LogP contribution in [0.25, 0.3) is 0 Å². The predicted octanol–water partition coefficient (Wildman–Crippen LogP) is 1.77. The van der Waals surface area contributed by atoms with Crippen molar-refractivity contribution in [2.24, 2.45) is 0 Å². The van der Waals surface area contributed by atoms with E-state index in [1.807, 2.05) is 19.1 Å². The van der Waals surface area contributed by atoms with Gasteiger partial charge >= 0.3 is 0 Å². The summed E-state index contributed by atoms with van der Waals surface area (Å²) in [7, 11) is 0. The van der Waals surface area contributed by atoms with Crippen LogP contribution in [0.2, 0.25) is 0 Å². The van der Waals surface area contributed by atoms with Crippen LogP contribution in [0.1, 0.15) is 28.8 Å². The molecule has 1 aliphatic heterocycles. The van der Waals surface area contributed by atoms with E-state index in [9.17, 15) is 9.59 Å². The average Bonchev–Trinajstić information content (AvgIpc) is 2.75.